The number of carbonyl (C=O) groups is 18. The molecule has 130 heavy (non-hydrogen) atoms. The van der Waals surface area contributed by atoms with Crippen LogP contribution in [-0.4, -0.2) is 274 Å². The standard InChI is InChI=1S/C43H64N8O10.C27H38N4O9.C20H31N5O4/c1-29(47-30(2)53)41(58)50-36(25-31-15-7-6-8-16-31)43(60)49-34(40(44)57)17-9-12-22-45-39(56)27-46-42(59)35(18-10-13-23-51(3,4)5)48-38(55)19-11-14-24-61-33-21-20-32(28-52)37(54)26-33;1-31(2,3)14-6-4-8-21(27(38)28-17-26(37)40-30-24(35)12-13-25(30)36)29-23(34)9-5-7-15-39-20-11-10-19(18-32)22(33)16-20;1-13(23-14(2)26)19(28)25-17(12-15-8-4-3-5-9-15)20(29)24-16(18(22)27)10-6-7-11-21/h6-8,15-16,20-21,26,28-29,34-36H,9-14,17-19,22-25,27H2,1-5H3,(H8-,44,45,46,47,48,49,50,52,53,54,55,56,57,58,59,60);10-11,16,18,21H,4-9,12-15,17H2,1-3H3,(H2-,28,29,32,33,34,38);3-5,8-9,13,16-17H,6-7,10-12,21H2,1-2H3,(H2,22,27)(H,23,26)(H,24,29)(H,25,28)/p+2. The third kappa shape index (κ3) is 47.7. The Labute approximate surface area is 758 Å². The average Bonchev–Trinajstić information content (AvgIpc) is 1.65. The minimum Gasteiger partial charge on any atom is -0.507 e. The third-order valence-electron chi connectivity index (χ3n) is 19.8. The first-order valence-corrected chi connectivity index (χ1v) is 43.5. The Morgan fingerprint density at radius 3 is 1.18 bits per heavy atom. The van der Waals surface area contributed by atoms with Gasteiger partial charge in [0.25, 0.3) is 11.8 Å². The Morgan fingerprint density at radius 1 is 0.431 bits per heavy atom. The lowest BCUT2D eigenvalue weighted by atomic mass is 10.0. The summed E-state index contributed by atoms with van der Waals surface area (Å²) in [5.74, 6) is -8.36. The SMILES string of the molecule is CC(=O)NC(C)C(=O)NC(Cc1ccccc1)C(=O)NC(CCCCN)C(N)=O.CC(=O)NC(C)C(=O)NC(Cc1ccccc1)C(=O)NC(CCCCNC(=O)CNC(=O)C(CCCC[N+](C)(C)C)NC(=O)CCCCOc1ccc(C=O)c(O)c1)C(N)=O.C[N+](C)(C)CCCCC(NC(=O)CCCCOc1ccc(C=O)c(O)c1)C(=O)NCC(=O)ON1C(=O)CCC1=O. The number of rotatable bonds is 58. The van der Waals surface area contributed by atoms with Crippen LogP contribution in [0.3, 0.4) is 0 Å². The van der Waals surface area contributed by atoms with Crippen molar-refractivity contribution < 1.29 is 120 Å². The first-order chi connectivity index (χ1) is 61.5. The predicted octanol–water partition coefficient (Wildman–Crippen LogP) is 0.916. The number of nitrogens with two attached hydrogens (primary N) is 3. The first-order valence-electron chi connectivity index (χ1n) is 43.5. The van der Waals surface area contributed by atoms with Crippen LogP contribution in [0.25, 0.3) is 0 Å². The number of amides is 15. The zero-order valence-corrected chi connectivity index (χ0v) is 76.3. The molecule has 8 atom stereocenters. The van der Waals surface area contributed by atoms with Crippen LogP contribution in [0.2, 0.25) is 0 Å². The highest BCUT2D eigenvalue weighted by Crippen LogP contribution is 2.25. The molecule has 4 aromatic carbocycles. The molecular formula is C90H135N17O23+2. The summed E-state index contributed by atoms with van der Waals surface area (Å²) in [6.07, 6.45) is 10.1. The molecule has 0 radical (unpaired) electrons. The van der Waals surface area contributed by atoms with E-state index in [2.05, 4.69) is 101 Å². The number of quaternary nitrogens is 2. The number of unbranched alkanes of at least 4 members (excludes halogenated alkanes) is 6. The summed E-state index contributed by atoms with van der Waals surface area (Å²) in [5.41, 5.74) is 18.4. The van der Waals surface area contributed by atoms with Crippen LogP contribution in [0, 0.1) is 0 Å². The van der Waals surface area contributed by atoms with Crippen molar-refractivity contribution in [3.63, 3.8) is 0 Å². The van der Waals surface area contributed by atoms with Gasteiger partial charge in [-0.1, -0.05) is 60.7 Å². The molecule has 19 N–H and O–H groups in total. The molecule has 0 aromatic heterocycles. The minimum atomic E-state index is -1.07. The Kier molecular flexibility index (Phi) is 51.3. The maximum atomic E-state index is 13.4. The second-order valence-corrected chi connectivity index (χ2v) is 33.4. The summed E-state index contributed by atoms with van der Waals surface area (Å²) in [5, 5.41) is 48.7. The number of aldehydes is 2. The van der Waals surface area contributed by atoms with Crippen LogP contribution in [0.1, 0.15) is 188 Å². The van der Waals surface area contributed by atoms with E-state index in [9.17, 15) is 96.5 Å². The van der Waals surface area contributed by atoms with E-state index in [1.807, 2.05) is 36.4 Å². The van der Waals surface area contributed by atoms with Gasteiger partial charge in [-0.25, -0.2) is 4.79 Å². The predicted molar refractivity (Wildman–Crippen MR) is 479 cm³/mol. The van der Waals surface area contributed by atoms with Crippen molar-refractivity contribution in [3.05, 3.63) is 119 Å². The van der Waals surface area contributed by atoms with E-state index >= 15 is 0 Å². The number of phenolic OH excluding ortho intramolecular Hbond substituents is 2. The van der Waals surface area contributed by atoms with Gasteiger partial charge in [-0.05, 0) is 159 Å². The lowest BCUT2D eigenvalue weighted by Gasteiger charge is -2.24. The highest BCUT2D eigenvalue weighted by molar-refractivity contribution is 6.02. The molecule has 1 fully saturated rings. The van der Waals surface area contributed by atoms with E-state index in [1.165, 1.54) is 52.0 Å². The third-order valence-corrected chi connectivity index (χ3v) is 19.8. The van der Waals surface area contributed by atoms with Gasteiger partial charge in [0.1, 0.15) is 77.9 Å². The van der Waals surface area contributed by atoms with Gasteiger partial charge in [-0.2, -0.15) is 0 Å². The molecule has 716 valence electrons. The normalized spacial score (nSPS) is 13.5. The molecule has 1 heterocycles. The number of hydroxylamine groups is 2. The molecule has 4 aromatic rings. The van der Waals surface area contributed by atoms with Gasteiger partial charge in [0, 0.05) is 71.0 Å². The van der Waals surface area contributed by atoms with Gasteiger partial charge >= 0.3 is 5.97 Å². The maximum absolute atomic E-state index is 13.4. The molecule has 0 saturated carbocycles. The van der Waals surface area contributed by atoms with E-state index < -0.39 is 132 Å². The highest BCUT2D eigenvalue weighted by Gasteiger charge is 2.35. The van der Waals surface area contributed by atoms with Gasteiger partial charge < -0.3 is 109 Å². The summed E-state index contributed by atoms with van der Waals surface area (Å²) in [4.78, 5) is 224. The number of aromatic hydroxyl groups is 2. The van der Waals surface area contributed by atoms with Crippen molar-refractivity contribution in [2.24, 2.45) is 17.2 Å². The van der Waals surface area contributed by atoms with E-state index in [-0.39, 0.29) is 112 Å². The van der Waals surface area contributed by atoms with E-state index in [4.69, 9.17) is 31.5 Å². The molecule has 1 aliphatic rings. The van der Waals surface area contributed by atoms with Crippen molar-refractivity contribution in [2.45, 2.75) is 217 Å². The second-order valence-electron chi connectivity index (χ2n) is 33.4. The lowest BCUT2D eigenvalue weighted by molar-refractivity contribution is -0.870. The Hall–Kier alpha value is -13.0. The highest BCUT2D eigenvalue weighted by atomic mass is 16.7. The van der Waals surface area contributed by atoms with Gasteiger partial charge in [-0.15, -0.1) is 5.06 Å². The largest absolute Gasteiger partial charge is 0.507 e. The number of ether oxygens (including phenoxy) is 2. The zero-order chi connectivity index (χ0) is 96.9. The molecule has 0 aliphatic carbocycles. The summed E-state index contributed by atoms with van der Waals surface area (Å²) >= 11 is 0. The van der Waals surface area contributed by atoms with Crippen molar-refractivity contribution in [3.8, 4) is 23.0 Å². The lowest BCUT2D eigenvalue weighted by Crippen LogP contribution is -2.56. The zero-order valence-electron chi connectivity index (χ0n) is 76.3. The quantitative estimate of drug-likeness (QED) is 0.0126. The number of carbonyl (C=O) groups excluding carboxylic acids is 18. The number of hydrogen-bond acceptors (Lipinski definition) is 24. The molecule has 1 saturated heterocycles. The van der Waals surface area contributed by atoms with Crippen LogP contribution in [-0.2, 0) is 94.4 Å². The number of hydrogen-bond donors (Lipinski definition) is 16. The number of nitrogens with zero attached hydrogens (tertiary/aromatic N) is 3. The van der Waals surface area contributed by atoms with Gasteiger partial charge in [-0.3, -0.25) is 81.5 Å². The minimum absolute atomic E-state index is 0.0376. The molecule has 0 spiro atoms. The number of phenols is 2. The Bertz CT molecular complexity index is 4360. The van der Waals surface area contributed by atoms with Gasteiger partial charge in [0.2, 0.25) is 76.8 Å². The smallest absolute Gasteiger partial charge is 0.352 e. The fourth-order valence-corrected chi connectivity index (χ4v) is 12.7. The van der Waals surface area contributed by atoms with Crippen molar-refractivity contribution in [1.82, 2.24) is 63.5 Å². The summed E-state index contributed by atoms with van der Waals surface area (Å²) in [6.45, 7) is 7.69. The summed E-state index contributed by atoms with van der Waals surface area (Å²) < 4.78 is 12.6. The fourth-order valence-electron chi connectivity index (χ4n) is 12.7. The summed E-state index contributed by atoms with van der Waals surface area (Å²) in [7, 11) is 12.4. The second kappa shape index (κ2) is 59.9. The average molecular weight is 1820 g/mol. The van der Waals surface area contributed by atoms with Gasteiger partial charge in [0.15, 0.2) is 12.6 Å². The van der Waals surface area contributed by atoms with E-state index in [0.29, 0.717) is 119 Å². The Morgan fingerprint density at radius 2 is 0.808 bits per heavy atom. The fraction of sp³-hybridized carbons (Fsp3) is 0.533. The number of nitrogens with one attached hydrogen (secondary N) is 11. The van der Waals surface area contributed by atoms with Crippen LogP contribution in [0.15, 0.2) is 97.1 Å². The van der Waals surface area contributed by atoms with Crippen LogP contribution >= 0.6 is 0 Å². The molecule has 5 rings (SSSR count). The summed E-state index contributed by atoms with van der Waals surface area (Å²) in [6, 6.07) is 19.5. The molecule has 1 aliphatic heterocycles. The molecule has 0 bridgehead atoms. The van der Waals surface area contributed by atoms with Crippen LogP contribution < -0.4 is 85.2 Å². The maximum Gasteiger partial charge on any atom is 0.352 e. The molecule has 40 heteroatoms. The van der Waals surface area contributed by atoms with Crippen LogP contribution in [0.5, 0.6) is 23.0 Å². The first kappa shape index (κ1) is 111. The molecular weight excluding hydrogens is 1690 g/mol. The van der Waals surface area contributed by atoms with Gasteiger partial charge in [0.05, 0.1) is 86.3 Å². The van der Waals surface area contributed by atoms with Crippen molar-refractivity contribution >= 4 is 107 Å². The number of benzene rings is 4. The van der Waals surface area contributed by atoms with E-state index in [1.54, 1.807) is 36.4 Å². The molecule has 15 amide bonds. The molecule has 40 nitrogen and oxygen atoms in total. The number of imide groups is 1. The van der Waals surface area contributed by atoms with E-state index in [0.717, 1.165) is 46.0 Å². The topological polar surface area (TPSA) is 589 Å². The number of primary amides is 2. The Balaban J connectivity index is 0.000000542. The van der Waals surface area contributed by atoms with Crippen molar-refractivity contribution in [2.75, 3.05) is 94.8 Å². The van der Waals surface area contributed by atoms with Crippen molar-refractivity contribution in [1.29, 1.82) is 0 Å². The monoisotopic (exact) mass is 1820 g/mol. The molecule has 8 unspecified atom stereocenters. The van der Waals surface area contributed by atoms with Crippen LogP contribution in [0.4, 0.5) is 0 Å².